The highest BCUT2D eigenvalue weighted by Crippen LogP contribution is 2.22. The van der Waals surface area contributed by atoms with Crippen LogP contribution in [0.1, 0.15) is 28.1 Å². The molecule has 150 valence electrons. The molecule has 0 N–H and O–H groups in total. The molecule has 2 aliphatic rings. The second kappa shape index (κ2) is 9.49. The van der Waals surface area contributed by atoms with Crippen LogP contribution in [0.3, 0.4) is 0 Å². The van der Waals surface area contributed by atoms with Gasteiger partial charge < -0.3 is 14.4 Å². The predicted octanol–water partition coefficient (Wildman–Crippen LogP) is 2.91. The van der Waals surface area contributed by atoms with E-state index in [-0.39, 0.29) is 5.91 Å². The average Bonchev–Trinajstić information content (AvgIpc) is 3.29. The normalized spacial score (nSPS) is 20.9. The summed E-state index contributed by atoms with van der Waals surface area (Å²) in [5.41, 5.74) is 3.01. The third kappa shape index (κ3) is 5.10. The summed E-state index contributed by atoms with van der Waals surface area (Å²) >= 11 is 1.41. The van der Waals surface area contributed by atoms with Gasteiger partial charge in [0.05, 0.1) is 31.5 Å². The van der Waals surface area contributed by atoms with Crippen molar-refractivity contribution in [3.8, 4) is 5.75 Å². The molecule has 0 spiro atoms. The quantitative estimate of drug-likeness (QED) is 0.745. The summed E-state index contributed by atoms with van der Waals surface area (Å²) < 4.78 is 11.4. The number of hydrogen-bond acceptors (Lipinski definition) is 6. The number of aromatic nitrogens is 1. The van der Waals surface area contributed by atoms with E-state index in [1.807, 2.05) is 4.90 Å². The summed E-state index contributed by atoms with van der Waals surface area (Å²) in [4.78, 5) is 21.6. The zero-order valence-electron chi connectivity index (χ0n) is 16.1. The molecular weight excluding hydrogens is 374 g/mol. The number of ether oxygens (including phenoxy) is 2. The number of benzene rings is 1. The Hall–Kier alpha value is -1.96. The second-order valence-corrected chi connectivity index (χ2v) is 8.35. The number of piperidine rings is 1. The number of thiazole rings is 1. The fourth-order valence-corrected chi connectivity index (χ4v) is 4.37. The van der Waals surface area contributed by atoms with Crippen LogP contribution in [0, 0.1) is 5.92 Å². The van der Waals surface area contributed by atoms with Gasteiger partial charge in [-0.05, 0) is 30.5 Å². The lowest BCUT2D eigenvalue weighted by Gasteiger charge is -2.32. The molecule has 2 fully saturated rings. The third-order valence-electron chi connectivity index (χ3n) is 5.37. The van der Waals surface area contributed by atoms with Gasteiger partial charge in [0.25, 0.3) is 5.91 Å². The molecule has 6 nitrogen and oxygen atoms in total. The van der Waals surface area contributed by atoms with E-state index in [0.717, 1.165) is 69.4 Å². The van der Waals surface area contributed by atoms with E-state index < -0.39 is 0 Å². The van der Waals surface area contributed by atoms with Crippen LogP contribution in [-0.4, -0.2) is 66.7 Å². The van der Waals surface area contributed by atoms with Crippen molar-refractivity contribution in [3.05, 3.63) is 46.4 Å². The maximum absolute atomic E-state index is 12.5. The SMILES string of the molecule is O=C(c1cncs1)N1CCC[C@H](COc2ccc(CN3CCOCC3)cc2)C1. The van der Waals surface area contributed by atoms with E-state index in [0.29, 0.717) is 12.5 Å². The molecule has 1 amide bonds. The fourth-order valence-electron chi connectivity index (χ4n) is 3.79. The van der Waals surface area contributed by atoms with Crippen molar-refractivity contribution in [2.24, 2.45) is 5.92 Å². The molecule has 7 heteroatoms. The van der Waals surface area contributed by atoms with Crippen LogP contribution in [0.4, 0.5) is 0 Å². The van der Waals surface area contributed by atoms with Crippen LogP contribution in [-0.2, 0) is 11.3 Å². The number of likely N-dealkylation sites (tertiary alicyclic amines) is 1. The Morgan fingerprint density at radius 3 is 2.79 bits per heavy atom. The standard InChI is InChI=1S/C21H27N3O3S/c25-21(20-12-22-16-28-20)24-7-1-2-18(14-24)15-27-19-5-3-17(4-6-19)13-23-8-10-26-11-9-23/h3-6,12,16,18H,1-2,7-11,13-15H2/t18-/m0/s1. The van der Waals surface area contributed by atoms with Gasteiger partial charge in [0, 0.05) is 38.6 Å². The monoisotopic (exact) mass is 401 g/mol. The van der Waals surface area contributed by atoms with Gasteiger partial charge in [0.15, 0.2) is 0 Å². The van der Waals surface area contributed by atoms with Crippen LogP contribution in [0.2, 0.25) is 0 Å². The summed E-state index contributed by atoms with van der Waals surface area (Å²) in [6, 6.07) is 8.40. The molecule has 0 unspecified atom stereocenters. The molecule has 0 aliphatic carbocycles. The van der Waals surface area contributed by atoms with Gasteiger partial charge in [-0.25, -0.2) is 0 Å². The predicted molar refractivity (Wildman–Crippen MR) is 109 cm³/mol. The minimum Gasteiger partial charge on any atom is -0.493 e. The first-order chi connectivity index (χ1) is 13.8. The number of morpholine rings is 1. The minimum atomic E-state index is 0.0969. The Morgan fingerprint density at radius 1 is 1.21 bits per heavy atom. The van der Waals surface area contributed by atoms with Gasteiger partial charge in [0.2, 0.25) is 0 Å². The number of rotatable bonds is 6. The number of amides is 1. The van der Waals surface area contributed by atoms with E-state index in [1.54, 1.807) is 11.7 Å². The third-order valence-corrected chi connectivity index (χ3v) is 6.13. The zero-order valence-corrected chi connectivity index (χ0v) is 16.9. The van der Waals surface area contributed by atoms with Crippen LogP contribution < -0.4 is 4.74 Å². The van der Waals surface area contributed by atoms with E-state index in [9.17, 15) is 4.79 Å². The highest BCUT2D eigenvalue weighted by Gasteiger charge is 2.25. The molecular formula is C21H27N3O3S. The molecule has 3 heterocycles. The van der Waals surface area contributed by atoms with Gasteiger partial charge in [0.1, 0.15) is 10.6 Å². The molecule has 1 atom stereocenters. The first kappa shape index (κ1) is 19.4. The Bertz CT molecular complexity index is 745. The van der Waals surface area contributed by atoms with Crippen molar-refractivity contribution in [1.29, 1.82) is 0 Å². The van der Waals surface area contributed by atoms with Crippen molar-refractivity contribution < 1.29 is 14.3 Å². The summed E-state index contributed by atoms with van der Waals surface area (Å²) in [6.45, 7) is 6.83. The van der Waals surface area contributed by atoms with Crippen LogP contribution in [0.25, 0.3) is 0 Å². The Labute approximate surface area is 170 Å². The second-order valence-electron chi connectivity index (χ2n) is 7.47. The minimum absolute atomic E-state index is 0.0969. The van der Waals surface area contributed by atoms with E-state index in [4.69, 9.17) is 9.47 Å². The van der Waals surface area contributed by atoms with Crippen LogP contribution in [0.5, 0.6) is 5.75 Å². The van der Waals surface area contributed by atoms with Gasteiger partial charge >= 0.3 is 0 Å². The van der Waals surface area contributed by atoms with Crippen molar-refractivity contribution in [1.82, 2.24) is 14.8 Å². The molecule has 2 aromatic rings. The number of carbonyl (C=O) groups is 1. The maximum Gasteiger partial charge on any atom is 0.265 e. The summed E-state index contributed by atoms with van der Waals surface area (Å²) in [5, 5.41) is 0. The Balaban J connectivity index is 1.25. The average molecular weight is 402 g/mol. The highest BCUT2D eigenvalue weighted by atomic mass is 32.1. The zero-order chi connectivity index (χ0) is 19.2. The van der Waals surface area contributed by atoms with E-state index >= 15 is 0 Å². The summed E-state index contributed by atoms with van der Waals surface area (Å²) in [7, 11) is 0. The smallest absolute Gasteiger partial charge is 0.265 e. The first-order valence-electron chi connectivity index (χ1n) is 9.97. The number of carbonyl (C=O) groups excluding carboxylic acids is 1. The Morgan fingerprint density at radius 2 is 2.04 bits per heavy atom. The molecule has 0 saturated carbocycles. The van der Waals surface area contributed by atoms with Crippen molar-refractivity contribution in [3.63, 3.8) is 0 Å². The van der Waals surface area contributed by atoms with Crippen molar-refractivity contribution in [2.45, 2.75) is 19.4 Å². The van der Waals surface area contributed by atoms with Gasteiger partial charge in [-0.15, -0.1) is 11.3 Å². The highest BCUT2D eigenvalue weighted by molar-refractivity contribution is 7.11. The van der Waals surface area contributed by atoms with E-state index in [2.05, 4.69) is 34.1 Å². The van der Waals surface area contributed by atoms with Crippen LogP contribution >= 0.6 is 11.3 Å². The van der Waals surface area contributed by atoms with Crippen LogP contribution in [0.15, 0.2) is 36.0 Å². The van der Waals surface area contributed by atoms with Crippen molar-refractivity contribution in [2.75, 3.05) is 46.0 Å². The number of hydrogen-bond donors (Lipinski definition) is 0. The van der Waals surface area contributed by atoms with Gasteiger partial charge in [-0.3, -0.25) is 14.7 Å². The molecule has 28 heavy (non-hydrogen) atoms. The fraction of sp³-hybridized carbons (Fsp3) is 0.524. The van der Waals surface area contributed by atoms with Crippen molar-refractivity contribution >= 4 is 17.2 Å². The largest absolute Gasteiger partial charge is 0.493 e. The lowest BCUT2D eigenvalue weighted by molar-refractivity contribution is 0.0342. The maximum atomic E-state index is 12.5. The molecule has 0 bridgehead atoms. The molecule has 2 saturated heterocycles. The van der Waals surface area contributed by atoms with Gasteiger partial charge in [-0.2, -0.15) is 0 Å². The van der Waals surface area contributed by atoms with E-state index in [1.165, 1.54) is 16.9 Å². The lowest BCUT2D eigenvalue weighted by Crippen LogP contribution is -2.41. The molecule has 1 aromatic heterocycles. The first-order valence-corrected chi connectivity index (χ1v) is 10.9. The molecule has 0 radical (unpaired) electrons. The lowest BCUT2D eigenvalue weighted by atomic mass is 9.99. The van der Waals surface area contributed by atoms with Gasteiger partial charge in [-0.1, -0.05) is 12.1 Å². The molecule has 1 aromatic carbocycles. The number of nitrogens with zero attached hydrogens (tertiary/aromatic N) is 3. The Kier molecular flexibility index (Phi) is 6.57. The molecule has 2 aliphatic heterocycles. The molecule has 4 rings (SSSR count). The summed E-state index contributed by atoms with van der Waals surface area (Å²) in [6.07, 6.45) is 3.78. The summed E-state index contributed by atoms with van der Waals surface area (Å²) in [5.74, 6) is 1.37. The topological polar surface area (TPSA) is 54.9 Å².